The summed E-state index contributed by atoms with van der Waals surface area (Å²) in [6.07, 6.45) is 4.39. The number of hydrogen-bond donors (Lipinski definition) is 2. The lowest BCUT2D eigenvalue weighted by atomic mass is 9.79. The molecule has 5 nitrogen and oxygen atoms in total. The quantitative estimate of drug-likeness (QED) is 0.683. The summed E-state index contributed by atoms with van der Waals surface area (Å²) in [6.45, 7) is 7.43. The molecule has 0 atom stereocenters. The molecule has 2 aromatic rings. The van der Waals surface area contributed by atoms with Crippen molar-refractivity contribution in [1.82, 2.24) is 15.6 Å². The molecule has 4 rings (SSSR count). The van der Waals surface area contributed by atoms with Gasteiger partial charge in [0, 0.05) is 36.1 Å². The predicted octanol–water partition coefficient (Wildman–Crippen LogP) is 4.32. The van der Waals surface area contributed by atoms with E-state index in [1.54, 1.807) is 7.11 Å². The Labute approximate surface area is 191 Å². The molecule has 1 aliphatic heterocycles. The largest absolute Gasteiger partial charge is 0.384 e. The molecule has 2 aliphatic rings. The zero-order chi connectivity index (χ0) is 19.7. The smallest absolute Gasteiger partial charge is 0.252 e. The van der Waals surface area contributed by atoms with Crippen LogP contribution in [0, 0.1) is 19.3 Å². The van der Waals surface area contributed by atoms with Crippen molar-refractivity contribution in [1.29, 1.82) is 0 Å². The van der Waals surface area contributed by atoms with Crippen LogP contribution in [0.1, 0.15) is 58.8 Å². The van der Waals surface area contributed by atoms with Gasteiger partial charge < -0.3 is 15.4 Å². The number of fused-ring (bicyclic) bond motifs is 1. The van der Waals surface area contributed by atoms with Crippen LogP contribution >= 0.6 is 24.8 Å². The first-order valence-electron chi connectivity index (χ1n) is 10.4. The minimum atomic E-state index is 0. The fourth-order valence-electron chi connectivity index (χ4n) is 4.48. The van der Waals surface area contributed by atoms with Gasteiger partial charge in [-0.25, -0.2) is 0 Å². The van der Waals surface area contributed by atoms with Crippen LogP contribution in [0.15, 0.2) is 18.2 Å². The summed E-state index contributed by atoms with van der Waals surface area (Å²) in [7, 11) is 1.75. The maximum absolute atomic E-state index is 13.3. The van der Waals surface area contributed by atoms with Gasteiger partial charge in [0.05, 0.1) is 17.7 Å². The number of nitrogens with zero attached hydrogens (tertiary/aromatic N) is 1. The molecule has 0 bridgehead atoms. The van der Waals surface area contributed by atoms with Crippen molar-refractivity contribution < 1.29 is 9.53 Å². The van der Waals surface area contributed by atoms with Crippen molar-refractivity contribution in [3.05, 3.63) is 40.6 Å². The van der Waals surface area contributed by atoms with Gasteiger partial charge >= 0.3 is 0 Å². The number of halogens is 2. The summed E-state index contributed by atoms with van der Waals surface area (Å²) in [4.78, 5) is 18.2. The number of benzene rings is 1. The van der Waals surface area contributed by atoms with Crippen LogP contribution in [0.25, 0.3) is 10.9 Å². The first kappa shape index (κ1) is 24.9. The summed E-state index contributed by atoms with van der Waals surface area (Å²) >= 11 is 0. The van der Waals surface area contributed by atoms with Gasteiger partial charge in [0.15, 0.2) is 0 Å². The van der Waals surface area contributed by atoms with Crippen LogP contribution in [0.5, 0.6) is 0 Å². The fraction of sp³-hybridized carbons (Fsp3) is 0.565. The number of piperidine rings is 1. The Balaban J connectivity index is 0.00000160. The molecule has 1 saturated carbocycles. The average Bonchev–Trinajstić information content (AvgIpc) is 3.52. The van der Waals surface area contributed by atoms with Gasteiger partial charge in [-0.3, -0.25) is 9.78 Å². The summed E-state index contributed by atoms with van der Waals surface area (Å²) in [6, 6.07) is 6.27. The molecular weight excluding hydrogens is 421 g/mol. The molecule has 0 radical (unpaired) electrons. The Hall–Kier alpha value is -1.40. The number of aryl methyl sites for hydroxylation is 2. The third-order valence-corrected chi connectivity index (χ3v) is 6.25. The SMILES string of the molecule is COCC1(CNC(=O)c2cc(C3CC3)nc3c(C)cc(C)cc23)CCNCC1.Cl.Cl. The lowest BCUT2D eigenvalue weighted by molar-refractivity contribution is 0.0512. The molecule has 0 spiro atoms. The lowest BCUT2D eigenvalue weighted by Gasteiger charge is -2.37. The summed E-state index contributed by atoms with van der Waals surface area (Å²) in [5.74, 6) is 0.522. The third kappa shape index (κ3) is 5.25. The fourth-order valence-corrected chi connectivity index (χ4v) is 4.48. The van der Waals surface area contributed by atoms with Crippen molar-refractivity contribution in [3.63, 3.8) is 0 Å². The zero-order valence-electron chi connectivity index (χ0n) is 18.0. The van der Waals surface area contributed by atoms with Crippen molar-refractivity contribution in [3.8, 4) is 0 Å². The van der Waals surface area contributed by atoms with Crippen LogP contribution < -0.4 is 10.6 Å². The van der Waals surface area contributed by atoms with E-state index in [4.69, 9.17) is 9.72 Å². The van der Waals surface area contributed by atoms with E-state index in [9.17, 15) is 4.79 Å². The second-order valence-corrected chi connectivity index (χ2v) is 8.71. The number of amides is 1. The topological polar surface area (TPSA) is 63.2 Å². The van der Waals surface area contributed by atoms with E-state index in [1.807, 2.05) is 6.07 Å². The number of hydrogen-bond acceptors (Lipinski definition) is 4. The molecule has 1 aromatic heterocycles. The van der Waals surface area contributed by atoms with E-state index in [1.165, 1.54) is 12.8 Å². The highest BCUT2D eigenvalue weighted by Crippen LogP contribution is 2.40. The Kier molecular flexibility index (Phi) is 8.51. The molecule has 2 fully saturated rings. The predicted molar refractivity (Wildman–Crippen MR) is 126 cm³/mol. The van der Waals surface area contributed by atoms with Gasteiger partial charge in [0.2, 0.25) is 0 Å². The number of rotatable bonds is 6. The summed E-state index contributed by atoms with van der Waals surface area (Å²) in [5, 5.41) is 7.61. The normalized spacial score (nSPS) is 17.7. The minimum Gasteiger partial charge on any atom is -0.384 e. The van der Waals surface area contributed by atoms with Gasteiger partial charge in [0.25, 0.3) is 5.91 Å². The average molecular weight is 454 g/mol. The van der Waals surface area contributed by atoms with Crippen molar-refractivity contribution >= 4 is 41.6 Å². The van der Waals surface area contributed by atoms with Gasteiger partial charge in [-0.15, -0.1) is 24.8 Å². The maximum Gasteiger partial charge on any atom is 0.252 e. The maximum atomic E-state index is 13.3. The molecule has 2 N–H and O–H groups in total. The van der Waals surface area contributed by atoms with Crippen LogP contribution in [0.2, 0.25) is 0 Å². The van der Waals surface area contributed by atoms with Crippen LogP contribution in [0.4, 0.5) is 0 Å². The molecule has 1 aromatic carbocycles. The number of aromatic nitrogens is 1. The van der Waals surface area contributed by atoms with Gasteiger partial charge in [-0.05, 0) is 70.3 Å². The summed E-state index contributed by atoms with van der Waals surface area (Å²) < 4.78 is 5.49. The summed E-state index contributed by atoms with van der Waals surface area (Å²) in [5.41, 5.74) is 5.12. The van der Waals surface area contributed by atoms with Crippen LogP contribution in [-0.4, -0.2) is 44.2 Å². The van der Waals surface area contributed by atoms with Crippen LogP contribution in [-0.2, 0) is 4.74 Å². The zero-order valence-corrected chi connectivity index (χ0v) is 19.7. The Morgan fingerprint density at radius 3 is 2.53 bits per heavy atom. The highest BCUT2D eigenvalue weighted by Gasteiger charge is 2.33. The Bertz CT molecular complexity index is 888. The molecule has 30 heavy (non-hydrogen) atoms. The number of nitrogens with one attached hydrogen (secondary N) is 2. The first-order chi connectivity index (χ1) is 13.5. The first-order valence-corrected chi connectivity index (χ1v) is 10.4. The van der Waals surface area contributed by atoms with E-state index in [0.717, 1.165) is 59.2 Å². The number of ether oxygens (including phenoxy) is 1. The van der Waals surface area contributed by atoms with Crippen molar-refractivity contribution in [2.45, 2.75) is 45.4 Å². The molecule has 1 amide bonds. The van der Waals surface area contributed by atoms with Crippen molar-refractivity contribution in [2.24, 2.45) is 5.41 Å². The van der Waals surface area contributed by atoms with Gasteiger partial charge in [0.1, 0.15) is 0 Å². The third-order valence-electron chi connectivity index (χ3n) is 6.25. The standard InChI is InChI=1S/C23H31N3O2.2ClH/c1-15-10-16(2)21-18(11-15)19(12-20(26-21)17-4-5-17)22(27)25-13-23(14-28-3)6-8-24-9-7-23;;/h10-12,17,24H,4-9,13-14H2,1-3H3,(H,25,27);2*1H. The van der Waals surface area contributed by atoms with E-state index < -0.39 is 0 Å². The van der Waals surface area contributed by atoms with E-state index in [0.29, 0.717) is 19.1 Å². The number of pyridine rings is 1. The molecule has 166 valence electrons. The second-order valence-electron chi connectivity index (χ2n) is 8.71. The highest BCUT2D eigenvalue weighted by atomic mass is 35.5. The van der Waals surface area contributed by atoms with Crippen LogP contribution in [0.3, 0.4) is 0 Å². The molecule has 1 saturated heterocycles. The molecule has 7 heteroatoms. The van der Waals surface area contributed by atoms with E-state index >= 15 is 0 Å². The van der Waals surface area contributed by atoms with Gasteiger partial charge in [-0.2, -0.15) is 0 Å². The molecule has 0 unspecified atom stereocenters. The number of carbonyl (C=O) groups is 1. The second kappa shape index (κ2) is 10.3. The minimum absolute atomic E-state index is 0. The molecule has 2 heterocycles. The van der Waals surface area contributed by atoms with E-state index in [-0.39, 0.29) is 36.1 Å². The highest BCUT2D eigenvalue weighted by molar-refractivity contribution is 6.07. The van der Waals surface area contributed by atoms with E-state index in [2.05, 4.69) is 36.6 Å². The van der Waals surface area contributed by atoms with Crippen molar-refractivity contribution in [2.75, 3.05) is 33.4 Å². The number of carbonyl (C=O) groups excluding carboxylic acids is 1. The Morgan fingerprint density at radius 1 is 1.20 bits per heavy atom. The van der Waals surface area contributed by atoms with Gasteiger partial charge in [-0.1, -0.05) is 11.6 Å². The monoisotopic (exact) mass is 453 g/mol. The molecule has 1 aliphatic carbocycles. The lowest BCUT2D eigenvalue weighted by Crippen LogP contribution is -2.47. The Morgan fingerprint density at radius 2 is 1.90 bits per heavy atom. The number of methoxy groups -OCH3 is 1. The molecular formula is C23H33Cl2N3O2.